The van der Waals surface area contributed by atoms with E-state index < -0.39 is 10.0 Å². The molecule has 1 aliphatic heterocycles. The highest BCUT2D eigenvalue weighted by atomic mass is 32.2. The third kappa shape index (κ3) is 4.11. The molecular formula is C18H22N2O3S2. The molecule has 5 nitrogen and oxygen atoms in total. The maximum Gasteiger partial charge on any atom is 0.264 e. The highest BCUT2D eigenvalue weighted by molar-refractivity contribution is 7.89. The van der Waals surface area contributed by atoms with E-state index in [0.717, 1.165) is 16.9 Å². The SMILES string of the molecule is CCc1ccsc1C(=O)N1CCC(NS(=O)(=O)c2ccccc2)CC1. The van der Waals surface area contributed by atoms with Gasteiger partial charge in [-0.05, 0) is 48.4 Å². The summed E-state index contributed by atoms with van der Waals surface area (Å²) in [5.74, 6) is 0.0659. The maximum atomic E-state index is 12.7. The van der Waals surface area contributed by atoms with Crippen LogP contribution in [0.15, 0.2) is 46.7 Å². The lowest BCUT2D eigenvalue weighted by molar-refractivity contribution is 0.0715. The first kappa shape index (κ1) is 18.1. The number of nitrogens with one attached hydrogen (secondary N) is 1. The number of nitrogens with zero attached hydrogens (tertiary/aromatic N) is 1. The fourth-order valence-electron chi connectivity index (χ4n) is 3.03. The summed E-state index contributed by atoms with van der Waals surface area (Å²) in [4.78, 5) is 15.6. The monoisotopic (exact) mass is 378 g/mol. The Kier molecular flexibility index (Phi) is 5.56. The fraction of sp³-hybridized carbons (Fsp3) is 0.389. The second-order valence-corrected chi connectivity index (χ2v) is 8.76. The summed E-state index contributed by atoms with van der Waals surface area (Å²) in [6.45, 7) is 3.19. The molecule has 0 spiro atoms. The van der Waals surface area contributed by atoms with Gasteiger partial charge in [0.05, 0.1) is 9.77 Å². The third-order valence-electron chi connectivity index (χ3n) is 4.48. The smallest absolute Gasteiger partial charge is 0.264 e. The molecule has 1 aliphatic rings. The Morgan fingerprint density at radius 1 is 1.20 bits per heavy atom. The lowest BCUT2D eigenvalue weighted by atomic mass is 10.1. The highest BCUT2D eigenvalue weighted by Gasteiger charge is 2.28. The summed E-state index contributed by atoms with van der Waals surface area (Å²) in [7, 11) is -3.50. The molecule has 25 heavy (non-hydrogen) atoms. The van der Waals surface area contributed by atoms with Crippen LogP contribution in [-0.4, -0.2) is 38.4 Å². The Balaban J connectivity index is 1.60. The van der Waals surface area contributed by atoms with E-state index in [1.165, 1.54) is 11.3 Å². The van der Waals surface area contributed by atoms with Crippen molar-refractivity contribution in [3.8, 4) is 0 Å². The minimum atomic E-state index is -3.50. The number of carbonyl (C=O) groups excluding carboxylic acids is 1. The molecule has 0 unspecified atom stereocenters. The predicted octanol–water partition coefficient (Wildman–Crippen LogP) is 2.89. The first-order chi connectivity index (χ1) is 12.0. The van der Waals surface area contributed by atoms with Crippen molar-refractivity contribution >= 4 is 27.3 Å². The van der Waals surface area contributed by atoms with Crippen molar-refractivity contribution in [1.82, 2.24) is 9.62 Å². The molecule has 134 valence electrons. The molecular weight excluding hydrogens is 356 g/mol. The zero-order chi connectivity index (χ0) is 17.9. The lowest BCUT2D eigenvalue weighted by Gasteiger charge is -2.32. The molecule has 7 heteroatoms. The topological polar surface area (TPSA) is 66.5 Å². The van der Waals surface area contributed by atoms with E-state index in [1.54, 1.807) is 30.3 Å². The van der Waals surface area contributed by atoms with Crippen LogP contribution in [-0.2, 0) is 16.4 Å². The van der Waals surface area contributed by atoms with E-state index in [-0.39, 0.29) is 16.8 Å². The van der Waals surface area contributed by atoms with Crippen molar-refractivity contribution in [3.63, 3.8) is 0 Å². The van der Waals surface area contributed by atoms with Crippen molar-refractivity contribution in [2.75, 3.05) is 13.1 Å². The van der Waals surface area contributed by atoms with E-state index >= 15 is 0 Å². The van der Waals surface area contributed by atoms with E-state index in [9.17, 15) is 13.2 Å². The summed E-state index contributed by atoms with van der Waals surface area (Å²) in [5.41, 5.74) is 1.09. The normalized spacial score (nSPS) is 16.1. The van der Waals surface area contributed by atoms with Gasteiger partial charge in [-0.15, -0.1) is 11.3 Å². The number of piperidine rings is 1. The average molecular weight is 379 g/mol. The van der Waals surface area contributed by atoms with Gasteiger partial charge < -0.3 is 4.90 Å². The van der Waals surface area contributed by atoms with Gasteiger partial charge in [0, 0.05) is 19.1 Å². The number of aryl methyl sites for hydroxylation is 1. The van der Waals surface area contributed by atoms with Crippen LogP contribution < -0.4 is 4.72 Å². The van der Waals surface area contributed by atoms with Gasteiger partial charge in [0.2, 0.25) is 10.0 Å². The van der Waals surface area contributed by atoms with Crippen LogP contribution in [0, 0.1) is 0 Å². The van der Waals surface area contributed by atoms with Gasteiger partial charge in [-0.1, -0.05) is 25.1 Å². The van der Waals surface area contributed by atoms with E-state index in [2.05, 4.69) is 4.72 Å². The summed E-state index contributed by atoms with van der Waals surface area (Å²) in [6, 6.07) is 10.2. The molecule has 2 aromatic rings. The summed E-state index contributed by atoms with van der Waals surface area (Å²) < 4.78 is 27.6. The molecule has 0 aliphatic carbocycles. The van der Waals surface area contributed by atoms with Gasteiger partial charge in [0.15, 0.2) is 0 Å². The largest absolute Gasteiger partial charge is 0.338 e. The summed E-state index contributed by atoms with van der Waals surface area (Å²) in [5, 5.41) is 1.95. The quantitative estimate of drug-likeness (QED) is 0.870. The number of hydrogen-bond acceptors (Lipinski definition) is 4. The first-order valence-electron chi connectivity index (χ1n) is 8.44. The number of carbonyl (C=O) groups is 1. The van der Waals surface area contributed by atoms with E-state index in [1.807, 2.05) is 23.3 Å². The zero-order valence-corrected chi connectivity index (χ0v) is 15.8. The van der Waals surface area contributed by atoms with Crippen LogP contribution in [0.3, 0.4) is 0 Å². The number of thiophene rings is 1. The average Bonchev–Trinajstić information content (AvgIpc) is 3.11. The van der Waals surface area contributed by atoms with E-state index in [0.29, 0.717) is 25.9 Å². The summed E-state index contributed by atoms with van der Waals surface area (Å²) in [6.07, 6.45) is 2.10. The van der Waals surface area contributed by atoms with Gasteiger partial charge in [0.25, 0.3) is 5.91 Å². The lowest BCUT2D eigenvalue weighted by Crippen LogP contribution is -2.46. The molecule has 1 fully saturated rings. The Morgan fingerprint density at radius 2 is 1.88 bits per heavy atom. The van der Waals surface area contributed by atoms with Gasteiger partial charge in [-0.2, -0.15) is 0 Å². The Bertz CT molecular complexity index is 823. The third-order valence-corrected chi connectivity index (χ3v) is 6.96. The summed E-state index contributed by atoms with van der Waals surface area (Å²) >= 11 is 1.48. The molecule has 1 aromatic heterocycles. The van der Waals surface area contributed by atoms with Crippen LogP contribution >= 0.6 is 11.3 Å². The molecule has 3 rings (SSSR count). The Morgan fingerprint density at radius 3 is 2.52 bits per heavy atom. The molecule has 2 heterocycles. The van der Waals surface area contributed by atoms with Crippen LogP contribution in [0.25, 0.3) is 0 Å². The van der Waals surface area contributed by atoms with Crippen molar-refractivity contribution in [3.05, 3.63) is 52.2 Å². The number of sulfonamides is 1. The van der Waals surface area contributed by atoms with Crippen molar-refractivity contribution in [1.29, 1.82) is 0 Å². The standard InChI is InChI=1S/C18H22N2O3S2/c1-2-14-10-13-24-17(14)18(21)20-11-8-15(9-12-20)19-25(22,23)16-6-4-3-5-7-16/h3-7,10,13,15,19H,2,8-9,11-12H2,1H3. The number of amides is 1. The van der Waals surface area contributed by atoms with Gasteiger partial charge in [0.1, 0.15) is 0 Å². The molecule has 1 saturated heterocycles. The minimum absolute atomic E-state index is 0.0659. The molecule has 0 atom stereocenters. The van der Waals surface area contributed by atoms with Crippen LogP contribution in [0.2, 0.25) is 0 Å². The number of rotatable bonds is 5. The molecule has 1 N–H and O–H groups in total. The Hall–Kier alpha value is -1.70. The molecule has 1 amide bonds. The van der Waals surface area contributed by atoms with Crippen molar-refractivity contribution in [2.45, 2.75) is 37.1 Å². The van der Waals surface area contributed by atoms with Gasteiger partial charge in [-0.25, -0.2) is 13.1 Å². The molecule has 1 aromatic carbocycles. The second-order valence-electron chi connectivity index (χ2n) is 6.13. The Labute approximate surface area is 152 Å². The molecule has 0 radical (unpaired) electrons. The minimum Gasteiger partial charge on any atom is -0.338 e. The van der Waals surface area contributed by atoms with Crippen LogP contribution in [0.1, 0.15) is 35.0 Å². The number of benzene rings is 1. The number of hydrogen-bond donors (Lipinski definition) is 1. The van der Waals surface area contributed by atoms with Gasteiger partial charge >= 0.3 is 0 Å². The van der Waals surface area contributed by atoms with Gasteiger partial charge in [-0.3, -0.25) is 4.79 Å². The predicted molar refractivity (Wildman–Crippen MR) is 99.4 cm³/mol. The molecule has 0 bridgehead atoms. The first-order valence-corrected chi connectivity index (χ1v) is 10.8. The fourth-order valence-corrected chi connectivity index (χ4v) is 5.32. The van der Waals surface area contributed by atoms with Crippen LogP contribution in [0.4, 0.5) is 0 Å². The zero-order valence-electron chi connectivity index (χ0n) is 14.1. The highest BCUT2D eigenvalue weighted by Crippen LogP contribution is 2.22. The number of likely N-dealkylation sites (tertiary alicyclic amines) is 1. The maximum absolute atomic E-state index is 12.7. The van der Waals surface area contributed by atoms with Crippen molar-refractivity contribution < 1.29 is 13.2 Å². The molecule has 0 saturated carbocycles. The second kappa shape index (κ2) is 7.68. The van der Waals surface area contributed by atoms with Crippen molar-refractivity contribution in [2.24, 2.45) is 0 Å². The van der Waals surface area contributed by atoms with Crippen LogP contribution in [0.5, 0.6) is 0 Å². The van der Waals surface area contributed by atoms with E-state index in [4.69, 9.17) is 0 Å².